The van der Waals surface area contributed by atoms with Crippen molar-refractivity contribution in [2.24, 2.45) is 0 Å². The minimum atomic E-state index is -0.309. The van der Waals surface area contributed by atoms with E-state index in [4.69, 9.17) is 4.42 Å². The molecule has 0 saturated carbocycles. The smallest absolute Gasteiger partial charge is 0.344 e. The highest BCUT2D eigenvalue weighted by molar-refractivity contribution is 5.84. The molecule has 4 aromatic rings. The van der Waals surface area contributed by atoms with Gasteiger partial charge in [0, 0.05) is 60.8 Å². The fourth-order valence-electron chi connectivity index (χ4n) is 5.00. The van der Waals surface area contributed by atoms with Crippen molar-refractivity contribution in [1.29, 1.82) is 0 Å². The maximum absolute atomic E-state index is 12.8. The van der Waals surface area contributed by atoms with Crippen LogP contribution in [0.5, 0.6) is 0 Å². The molecule has 0 bridgehead atoms. The van der Waals surface area contributed by atoms with Crippen LogP contribution in [0.3, 0.4) is 0 Å². The van der Waals surface area contributed by atoms with Crippen molar-refractivity contribution in [3.05, 3.63) is 64.9 Å². The van der Waals surface area contributed by atoms with Gasteiger partial charge in [0.25, 0.3) is 0 Å². The molecule has 5 heterocycles. The van der Waals surface area contributed by atoms with E-state index in [1.165, 1.54) is 19.4 Å². The average molecular weight is 400 g/mol. The van der Waals surface area contributed by atoms with Gasteiger partial charge in [-0.3, -0.25) is 4.90 Å². The summed E-state index contributed by atoms with van der Waals surface area (Å²) in [6, 6.07) is 12.7. The summed E-state index contributed by atoms with van der Waals surface area (Å²) in [5, 5.41) is 0.940. The highest BCUT2D eigenvalue weighted by Crippen LogP contribution is 2.29. The summed E-state index contributed by atoms with van der Waals surface area (Å²) < 4.78 is 7.71. The third-order valence-corrected chi connectivity index (χ3v) is 6.55. The fourth-order valence-corrected chi connectivity index (χ4v) is 5.00. The average Bonchev–Trinajstić information content (AvgIpc) is 3.36. The predicted molar refractivity (Wildman–Crippen MR) is 118 cm³/mol. The van der Waals surface area contributed by atoms with Crippen LogP contribution < -0.4 is 10.5 Å². The molecule has 2 fully saturated rings. The normalized spacial score (nSPS) is 19.6. The topological polar surface area (TPSA) is 54.0 Å². The Labute approximate surface area is 174 Å². The van der Waals surface area contributed by atoms with Gasteiger partial charge in [-0.25, -0.2) is 9.78 Å². The van der Waals surface area contributed by atoms with Crippen LogP contribution in [-0.2, 0) is 0 Å². The number of anilines is 1. The van der Waals surface area contributed by atoms with E-state index >= 15 is 0 Å². The molecule has 6 heteroatoms. The first-order valence-corrected chi connectivity index (χ1v) is 10.7. The van der Waals surface area contributed by atoms with Gasteiger partial charge >= 0.3 is 5.63 Å². The van der Waals surface area contributed by atoms with Crippen molar-refractivity contribution in [3.8, 4) is 11.1 Å². The lowest BCUT2D eigenvalue weighted by atomic mass is 10.1. The monoisotopic (exact) mass is 400 g/mol. The Morgan fingerprint density at radius 3 is 2.93 bits per heavy atom. The molecule has 0 aliphatic carbocycles. The Balaban J connectivity index is 1.36. The van der Waals surface area contributed by atoms with Crippen LogP contribution in [-0.4, -0.2) is 46.5 Å². The summed E-state index contributed by atoms with van der Waals surface area (Å²) in [6.07, 6.45) is 6.47. The maximum atomic E-state index is 12.8. The van der Waals surface area contributed by atoms with Crippen LogP contribution in [0, 0.1) is 6.92 Å². The molecule has 152 valence electrons. The van der Waals surface area contributed by atoms with Gasteiger partial charge in [0.1, 0.15) is 11.2 Å². The Kier molecular flexibility index (Phi) is 3.96. The highest BCUT2D eigenvalue weighted by atomic mass is 16.4. The van der Waals surface area contributed by atoms with Crippen LogP contribution in [0.2, 0.25) is 0 Å². The molecule has 2 saturated heterocycles. The van der Waals surface area contributed by atoms with Crippen molar-refractivity contribution in [2.45, 2.75) is 25.8 Å². The molecule has 1 aromatic carbocycles. The van der Waals surface area contributed by atoms with E-state index in [2.05, 4.69) is 26.9 Å². The first kappa shape index (κ1) is 17.7. The van der Waals surface area contributed by atoms with Gasteiger partial charge in [-0.05, 0) is 56.6 Å². The van der Waals surface area contributed by atoms with E-state index in [1.807, 2.05) is 48.0 Å². The minimum Gasteiger partial charge on any atom is -0.422 e. The van der Waals surface area contributed by atoms with E-state index in [9.17, 15) is 4.79 Å². The van der Waals surface area contributed by atoms with E-state index in [1.54, 1.807) is 0 Å². The molecule has 0 spiro atoms. The number of aryl methyl sites for hydroxylation is 1. The SMILES string of the molecule is Cc1cn2cc(-c3cc4ccc(N5CCN6CCC[C@H]6C5)cc4oc3=O)ccc2n1. The van der Waals surface area contributed by atoms with Crippen LogP contribution in [0.1, 0.15) is 18.5 Å². The second kappa shape index (κ2) is 6.71. The summed E-state index contributed by atoms with van der Waals surface area (Å²) in [4.78, 5) is 22.3. The molecule has 2 aliphatic rings. The van der Waals surface area contributed by atoms with E-state index < -0.39 is 0 Å². The fraction of sp³-hybridized carbons (Fsp3) is 0.333. The lowest BCUT2D eigenvalue weighted by molar-refractivity contribution is 0.231. The molecular weight excluding hydrogens is 376 g/mol. The van der Waals surface area contributed by atoms with Gasteiger partial charge in [-0.1, -0.05) is 0 Å². The molecule has 0 N–H and O–H groups in total. The minimum absolute atomic E-state index is 0.309. The number of benzene rings is 1. The highest BCUT2D eigenvalue weighted by Gasteiger charge is 2.30. The zero-order valence-electron chi connectivity index (χ0n) is 17.0. The first-order valence-electron chi connectivity index (χ1n) is 10.7. The lowest BCUT2D eigenvalue weighted by Gasteiger charge is -2.38. The molecule has 0 radical (unpaired) electrons. The summed E-state index contributed by atoms with van der Waals surface area (Å²) >= 11 is 0. The maximum Gasteiger partial charge on any atom is 0.344 e. The van der Waals surface area contributed by atoms with Crippen molar-refractivity contribution >= 4 is 22.3 Å². The predicted octanol–water partition coefficient (Wildman–Crippen LogP) is 3.70. The van der Waals surface area contributed by atoms with Crippen molar-refractivity contribution in [1.82, 2.24) is 14.3 Å². The zero-order valence-corrected chi connectivity index (χ0v) is 17.0. The molecule has 1 atom stereocenters. The number of piperazine rings is 1. The number of pyridine rings is 1. The summed E-state index contributed by atoms with van der Waals surface area (Å²) in [7, 11) is 0. The standard InChI is InChI=1S/C24H24N4O2/c1-16-13-28-14-18(5-7-23(28)25-16)21-11-17-4-6-19(12-22(17)30-24(21)29)27-10-9-26-8-2-3-20(26)15-27/h4-7,11-14,20H,2-3,8-10,15H2,1H3/t20-/m0/s1. The number of nitrogens with zero attached hydrogens (tertiary/aromatic N) is 4. The van der Waals surface area contributed by atoms with Gasteiger partial charge in [-0.2, -0.15) is 0 Å². The molecule has 6 nitrogen and oxygen atoms in total. The number of hydrogen-bond donors (Lipinski definition) is 0. The summed E-state index contributed by atoms with van der Waals surface area (Å²) in [6.45, 7) is 6.38. The van der Waals surface area contributed by atoms with Crippen LogP contribution in [0.15, 0.2) is 58.0 Å². The van der Waals surface area contributed by atoms with Crippen molar-refractivity contribution < 1.29 is 4.42 Å². The van der Waals surface area contributed by atoms with Crippen LogP contribution >= 0.6 is 0 Å². The Hall–Kier alpha value is -3.12. The molecular formula is C24H24N4O2. The molecule has 0 unspecified atom stereocenters. The van der Waals surface area contributed by atoms with Gasteiger partial charge < -0.3 is 13.7 Å². The second-order valence-corrected chi connectivity index (χ2v) is 8.51. The van der Waals surface area contributed by atoms with Crippen molar-refractivity contribution in [2.75, 3.05) is 31.1 Å². The molecule has 2 aliphatic heterocycles. The van der Waals surface area contributed by atoms with E-state index in [0.717, 1.165) is 47.6 Å². The quantitative estimate of drug-likeness (QED) is 0.480. The van der Waals surface area contributed by atoms with Gasteiger partial charge in [0.15, 0.2) is 0 Å². The Bertz CT molecular complexity index is 1320. The van der Waals surface area contributed by atoms with E-state index in [-0.39, 0.29) is 5.63 Å². The number of fused-ring (bicyclic) bond motifs is 3. The van der Waals surface area contributed by atoms with E-state index in [0.29, 0.717) is 17.2 Å². The number of aromatic nitrogens is 2. The van der Waals surface area contributed by atoms with Gasteiger partial charge in [0.05, 0.1) is 11.3 Å². The third kappa shape index (κ3) is 2.91. The number of imidazole rings is 1. The zero-order chi connectivity index (χ0) is 20.2. The first-order chi connectivity index (χ1) is 14.6. The van der Waals surface area contributed by atoms with Crippen molar-refractivity contribution in [3.63, 3.8) is 0 Å². The number of rotatable bonds is 2. The lowest BCUT2D eigenvalue weighted by Crippen LogP contribution is -2.50. The van der Waals surface area contributed by atoms with Crippen LogP contribution in [0.4, 0.5) is 5.69 Å². The Morgan fingerprint density at radius 1 is 1.07 bits per heavy atom. The molecule has 0 amide bonds. The van der Waals surface area contributed by atoms with Crippen LogP contribution in [0.25, 0.3) is 27.7 Å². The largest absolute Gasteiger partial charge is 0.422 e. The van der Waals surface area contributed by atoms with Gasteiger partial charge in [-0.15, -0.1) is 0 Å². The van der Waals surface area contributed by atoms with Gasteiger partial charge in [0.2, 0.25) is 0 Å². The summed E-state index contributed by atoms with van der Waals surface area (Å²) in [5.41, 5.74) is 4.70. The molecule has 3 aromatic heterocycles. The Morgan fingerprint density at radius 2 is 2.00 bits per heavy atom. The molecule has 6 rings (SSSR count). The summed E-state index contributed by atoms with van der Waals surface area (Å²) in [5.74, 6) is 0. The molecule has 30 heavy (non-hydrogen) atoms. The second-order valence-electron chi connectivity index (χ2n) is 8.51. The third-order valence-electron chi connectivity index (χ3n) is 6.55. The number of hydrogen-bond acceptors (Lipinski definition) is 5.